The molecule has 2 nitrogen and oxygen atoms in total. The average Bonchev–Trinajstić information content (AvgIpc) is 2.70. The third-order valence-electron chi connectivity index (χ3n) is 4.12. The Kier molecular flexibility index (Phi) is 3.71. The Hall–Kier alpha value is -0.750. The van der Waals surface area contributed by atoms with Crippen molar-refractivity contribution in [3.63, 3.8) is 0 Å². The topological polar surface area (TPSA) is 24.1 Å². The first-order valence-electron chi connectivity index (χ1n) is 6.81. The number of alkyl halides is 3. The van der Waals surface area contributed by atoms with Crippen molar-refractivity contribution in [3.8, 4) is 0 Å². The van der Waals surface area contributed by atoms with Crippen molar-refractivity contribution in [3.05, 3.63) is 28.2 Å². The Labute approximate surface area is 124 Å². The van der Waals surface area contributed by atoms with Crippen molar-refractivity contribution < 1.29 is 13.2 Å². The van der Waals surface area contributed by atoms with E-state index >= 15 is 0 Å². The molecule has 1 aromatic carbocycles. The molecular formula is C14H16BrF3N2. The summed E-state index contributed by atoms with van der Waals surface area (Å²) in [4.78, 5) is 0. The lowest BCUT2D eigenvalue weighted by atomic mass is 9.99. The lowest BCUT2D eigenvalue weighted by Crippen LogP contribution is -2.43. The first-order chi connectivity index (χ1) is 9.41. The third kappa shape index (κ3) is 2.96. The minimum Gasteiger partial charge on any atom is -0.382 e. The lowest BCUT2D eigenvalue weighted by Gasteiger charge is -2.31. The van der Waals surface area contributed by atoms with Gasteiger partial charge in [0.25, 0.3) is 0 Å². The van der Waals surface area contributed by atoms with Crippen molar-refractivity contribution in [2.45, 2.75) is 50.0 Å². The highest BCUT2D eigenvalue weighted by molar-refractivity contribution is 9.10. The van der Waals surface area contributed by atoms with E-state index in [-0.39, 0.29) is 11.7 Å². The Morgan fingerprint density at radius 1 is 1.15 bits per heavy atom. The van der Waals surface area contributed by atoms with E-state index in [0.29, 0.717) is 16.6 Å². The highest BCUT2D eigenvalue weighted by Crippen LogP contribution is 2.38. The second-order valence-electron chi connectivity index (χ2n) is 5.64. The molecule has 2 aliphatic rings. The summed E-state index contributed by atoms with van der Waals surface area (Å²) in [5.74, 6) is 0. The van der Waals surface area contributed by atoms with E-state index in [1.807, 2.05) is 0 Å². The van der Waals surface area contributed by atoms with E-state index in [0.717, 1.165) is 31.7 Å². The smallest absolute Gasteiger partial charge is 0.382 e. The van der Waals surface area contributed by atoms with Crippen molar-refractivity contribution in [1.29, 1.82) is 0 Å². The van der Waals surface area contributed by atoms with Gasteiger partial charge in [0.05, 0.1) is 5.56 Å². The molecule has 3 rings (SSSR count). The molecule has 1 aromatic rings. The second-order valence-corrected chi connectivity index (χ2v) is 6.55. The minimum atomic E-state index is -4.34. The SMILES string of the molecule is FC(F)(F)c1cc(Br)ccc1NC1CC2CCC(C1)N2. The quantitative estimate of drug-likeness (QED) is 0.838. The molecule has 2 aliphatic heterocycles. The summed E-state index contributed by atoms with van der Waals surface area (Å²) in [5.41, 5.74) is -0.412. The van der Waals surface area contributed by atoms with Crippen molar-refractivity contribution in [1.82, 2.24) is 5.32 Å². The van der Waals surface area contributed by atoms with E-state index in [1.165, 1.54) is 6.07 Å². The van der Waals surface area contributed by atoms with Crippen molar-refractivity contribution >= 4 is 21.6 Å². The Balaban J connectivity index is 1.80. The summed E-state index contributed by atoms with van der Waals surface area (Å²) >= 11 is 3.11. The van der Waals surface area contributed by atoms with Gasteiger partial charge < -0.3 is 10.6 Å². The van der Waals surface area contributed by atoms with Crippen molar-refractivity contribution in [2.75, 3.05) is 5.32 Å². The van der Waals surface area contributed by atoms with Crippen LogP contribution in [-0.4, -0.2) is 18.1 Å². The summed E-state index contributed by atoms with van der Waals surface area (Å²) < 4.78 is 39.7. The van der Waals surface area contributed by atoms with Crippen LogP contribution >= 0.6 is 15.9 Å². The Morgan fingerprint density at radius 2 is 1.80 bits per heavy atom. The number of anilines is 1. The molecule has 110 valence electrons. The molecule has 2 bridgehead atoms. The van der Waals surface area contributed by atoms with Gasteiger partial charge in [-0.15, -0.1) is 0 Å². The normalized spacial score (nSPS) is 29.5. The van der Waals surface area contributed by atoms with E-state index in [2.05, 4.69) is 26.6 Å². The van der Waals surface area contributed by atoms with Gasteiger partial charge in [0.15, 0.2) is 0 Å². The predicted molar refractivity (Wildman–Crippen MR) is 75.7 cm³/mol. The molecule has 2 fully saturated rings. The van der Waals surface area contributed by atoms with Crippen LogP contribution in [0.4, 0.5) is 18.9 Å². The van der Waals surface area contributed by atoms with Gasteiger partial charge in [-0.2, -0.15) is 13.2 Å². The Bertz CT molecular complexity index is 492. The fourth-order valence-electron chi connectivity index (χ4n) is 3.27. The zero-order valence-corrected chi connectivity index (χ0v) is 12.4. The number of hydrogen-bond acceptors (Lipinski definition) is 2. The van der Waals surface area contributed by atoms with Gasteiger partial charge >= 0.3 is 6.18 Å². The van der Waals surface area contributed by atoms with E-state index in [4.69, 9.17) is 0 Å². The van der Waals surface area contributed by atoms with Gasteiger partial charge in [-0.05, 0) is 43.9 Å². The Morgan fingerprint density at radius 3 is 2.40 bits per heavy atom. The fourth-order valence-corrected chi connectivity index (χ4v) is 3.63. The predicted octanol–water partition coefficient (Wildman–Crippen LogP) is 4.16. The molecule has 2 unspecified atom stereocenters. The number of fused-ring (bicyclic) bond motifs is 2. The second kappa shape index (κ2) is 5.22. The zero-order chi connectivity index (χ0) is 14.3. The average molecular weight is 349 g/mol. The summed E-state index contributed by atoms with van der Waals surface area (Å²) in [5, 5.41) is 6.59. The van der Waals surface area contributed by atoms with Crippen LogP contribution in [0.5, 0.6) is 0 Å². The van der Waals surface area contributed by atoms with Crippen LogP contribution in [0.25, 0.3) is 0 Å². The van der Waals surface area contributed by atoms with Gasteiger partial charge in [-0.1, -0.05) is 15.9 Å². The number of rotatable bonds is 2. The van der Waals surface area contributed by atoms with Crippen molar-refractivity contribution in [2.24, 2.45) is 0 Å². The number of piperidine rings is 1. The van der Waals surface area contributed by atoms with Crippen LogP contribution in [0, 0.1) is 0 Å². The maximum Gasteiger partial charge on any atom is 0.418 e. The molecular weight excluding hydrogens is 333 g/mol. The molecule has 6 heteroatoms. The van der Waals surface area contributed by atoms with E-state index in [1.54, 1.807) is 6.07 Å². The largest absolute Gasteiger partial charge is 0.418 e. The third-order valence-corrected chi connectivity index (χ3v) is 4.61. The molecule has 0 saturated carbocycles. The lowest BCUT2D eigenvalue weighted by molar-refractivity contribution is -0.137. The van der Waals surface area contributed by atoms with E-state index < -0.39 is 11.7 Å². The number of hydrogen-bond donors (Lipinski definition) is 2. The number of benzene rings is 1. The van der Waals surface area contributed by atoms with Crippen LogP contribution in [0.3, 0.4) is 0 Å². The van der Waals surface area contributed by atoms with Crippen LogP contribution in [0.1, 0.15) is 31.2 Å². The van der Waals surface area contributed by atoms with Gasteiger partial charge in [0.2, 0.25) is 0 Å². The minimum absolute atomic E-state index is 0.121. The van der Waals surface area contributed by atoms with Gasteiger partial charge in [0.1, 0.15) is 0 Å². The summed E-state index contributed by atoms with van der Waals surface area (Å²) in [7, 11) is 0. The molecule has 20 heavy (non-hydrogen) atoms. The summed E-state index contributed by atoms with van der Waals surface area (Å²) in [6.07, 6.45) is -0.281. The van der Waals surface area contributed by atoms with Crippen LogP contribution in [-0.2, 0) is 6.18 Å². The van der Waals surface area contributed by atoms with Gasteiger partial charge in [0, 0.05) is 28.3 Å². The molecule has 2 atom stereocenters. The molecule has 2 heterocycles. The maximum absolute atomic E-state index is 13.1. The fraction of sp³-hybridized carbons (Fsp3) is 0.571. The monoisotopic (exact) mass is 348 g/mol. The molecule has 0 radical (unpaired) electrons. The molecule has 0 aliphatic carbocycles. The molecule has 2 saturated heterocycles. The molecule has 2 N–H and O–H groups in total. The summed E-state index contributed by atoms with van der Waals surface area (Å²) in [6.45, 7) is 0. The highest BCUT2D eigenvalue weighted by atomic mass is 79.9. The first kappa shape index (κ1) is 14.2. The molecule has 0 amide bonds. The standard InChI is InChI=1S/C14H16BrF3N2/c15-8-1-4-13(12(5-8)14(16,17)18)20-11-6-9-2-3-10(7-11)19-9/h1,4-5,9-11,19-20H,2-3,6-7H2. The van der Waals surface area contributed by atoms with Crippen LogP contribution in [0.15, 0.2) is 22.7 Å². The van der Waals surface area contributed by atoms with Crippen LogP contribution in [0.2, 0.25) is 0 Å². The van der Waals surface area contributed by atoms with Crippen LogP contribution < -0.4 is 10.6 Å². The molecule has 0 spiro atoms. The number of halogens is 4. The summed E-state index contributed by atoms with van der Waals surface area (Å²) in [6, 6.07) is 5.32. The van der Waals surface area contributed by atoms with Gasteiger partial charge in [-0.3, -0.25) is 0 Å². The van der Waals surface area contributed by atoms with E-state index in [9.17, 15) is 13.2 Å². The first-order valence-corrected chi connectivity index (χ1v) is 7.60. The van der Waals surface area contributed by atoms with Gasteiger partial charge in [-0.25, -0.2) is 0 Å². The maximum atomic E-state index is 13.1. The number of nitrogens with one attached hydrogen (secondary N) is 2. The molecule has 0 aromatic heterocycles. The zero-order valence-electron chi connectivity index (χ0n) is 10.8. The highest BCUT2D eigenvalue weighted by Gasteiger charge is 2.37.